The maximum absolute atomic E-state index is 13.3. The molecule has 0 spiro atoms. The maximum Gasteiger partial charge on any atom is 0.265 e. The second kappa shape index (κ2) is 6.87. The third-order valence-corrected chi connectivity index (χ3v) is 5.61. The van der Waals surface area contributed by atoms with Crippen molar-refractivity contribution >= 4 is 21.6 Å². The SMILES string of the molecule is O=c1c(-c2nc3ccccc3s2)cc(-c2ccccn2)cn1-c1ccccc1. The molecule has 0 unspecified atom stereocenters. The number of rotatable bonds is 3. The minimum Gasteiger partial charge on any atom is -0.283 e. The summed E-state index contributed by atoms with van der Waals surface area (Å²) in [7, 11) is 0. The quantitative estimate of drug-likeness (QED) is 0.433. The topological polar surface area (TPSA) is 47.8 Å². The third kappa shape index (κ3) is 2.92. The Hall–Kier alpha value is -3.57. The van der Waals surface area contributed by atoms with Gasteiger partial charge in [-0.2, -0.15) is 0 Å². The van der Waals surface area contributed by atoms with Crippen molar-refractivity contribution in [2.45, 2.75) is 0 Å². The number of para-hydroxylation sites is 2. The Bertz CT molecular complexity index is 1290. The number of benzene rings is 2. The Labute approximate surface area is 165 Å². The van der Waals surface area contributed by atoms with E-state index in [4.69, 9.17) is 4.98 Å². The standard InChI is InChI=1S/C23H15N3OS/c27-23-18(22-25-20-11-4-5-12-21(20)28-22)14-16(19-10-6-7-13-24-19)15-26(23)17-8-2-1-3-9-17/h1-15H. The van der Waals surface area contributed by atoms with E-state index in [1.165, 1.54) is 11.3 Å². The van der Waals surface area contributed by atoms with E-state index >= 15 is 0 Å². The Morgan fingerprint density at radius 3 is 2.43 bits per heavy atom. The number of thiazole rings is 1. The van der Waals surface area contributed by atoms with Gasteiger partial charge in [0.15, 0.2) is 0 Å². The number of hydrogen-bond acceptors (Lipinski definition) is 4. The molecular formula is C23H15N3OS. The molecule has 0 aliphatic rings. The summed E-state index contributed by atoms with van der Waals surface area (Å²) in [5.74, 6) is 0. The van der Waals surface area contributed by atoms with Crippen LogP contribution in [0.3, 0.4) is 0 Å². The lowest BCUT2D eigenvalue weighted by Crippen LogP contribution is -2.20. The largest absolute Gasteiger partial charge is 0.283 e. The average molecular weight is 381 g/mol. The predicted molar refractivity (Wildman–Crippen MR) is 114 cm³/mol. The van der Waals surface area contributed by atoms with Gasteiger partial charge < -0.3 is 0 Å². The number of fused-ring (bicyclic) bond motifs is 1. The highest BCUT2D eigenvalue weighted by Crippen LogP contribution is 2.30. The predicted octanol–water partition coefficient (Wildman–Crippen LogP) is 5.18. The molecule has 0 saturated heterocycles. The van der Waals surface area contributed by atoms with Gasteiger partial charge in [0.25, 0.3) is 5.56 Å². The third-order valence-electron chi connectivity index (χ3n) is 4.54. The van der Waals surface area contributed by atoms with Crippen molar-refractivity contribution in [3.8, 4) is 27.5 Å². The second-order valence-corrected chi connectivity index (χ2v) is 7.39. The summed E-state index contributed by atoms with van der Waals surface area (Å²) in [6.45, 7) is 0. The van der Waals surface area contributed by atoms with Crippen LogP contribution in [-0.2, 0) is 0 Å². The summed E-state index contributed by atoms with van der Waals surface area (Å²) >= 11 is 1.53. The van der Waals surface area contributed by atoms with Crippen LogP contribution in [0.5, 0.6) is 0 Å². The van der Waals surface area contributed by atoms with Crippen LogP contribution >= 0.6 is 11.3 Å². The molecule has 0 aliphatic carbocycles. The zero-order valence-electron chi connectivity index (χ0n) is 14.8. The minimum absolute atomic E-state index is 0.0927. The molecule has 2 aromatic carbocycles. The van der Waals surface area contributed by atoms with E-state index in [0.29, 0.717) is 10.6 Å². The van der Waals surface area contributed by atoms with Gasteiger partial charge in [-0.1, -0.05) is 36.4 Å². The molecule has 0 radical (unpaired) electrons. The molecule has 0 saturated carbocycles. The summed E-state index contributed by atoms with van der Waals surface area (Å²) in [4.78, 5) is 22.5. The summed E-state index contributed by atoms with van der Waals surface area (Å²) in [6.07, 6.45) is 3.60. The van der Waals surface area contributed by atoms with Gasteiger partial charge in [-0.25, -0.2) is 4.98 Å². The lowest BCUT2D eigenvalue weighted by molar-refractivity contribution is 0.993. The van der Waals surface area contributed by atoms with Crippen LogP contribution in [0, 0.1) is 0 Å². The lowest BCUT2D eigenvalue weighted by atomic mass is 10.1. The van der Waals surface area contributed by atoms with Gasteiger partial charge in [-0.15, -0.1) is 11.3 Å². The Balaban J connectivity index is 1.79. The minimum atomic E-state index is -0.0927. The Morgan fingerprint density at radius 1 is 0.857 bits per heavy atom. The highest BCUT2D eigenvalue weighted by atomic mass is 32.1. The molecule has 4 nitrogen and oxygen atoms in total. The summed E-state index contributed by atoms with van der Waals surface area (Å²) in [5, 5.41) is 0.716. The average Bonchev–Trinajstić information content (AvgIpc) is 3.19. The van der Waals surface area contributed by atoms with E-state index in [2.05, 4.69) is 4.98 Å². The van der Waals surface area contributed by atoms with Gasteiger partial charge >= 0.3 is 0 Å². The molecule has 0 fully saturated rings. The molecule has 0 aliphatic heterocycles. The first-order valence-corrected chi connectivity index (χ1v) is 9.71. The first kappa shape index (κ1) is 16.6. The molecule has 5 rings (SSSR count). The van der Waals surface area contributed by atoms with Crippen LogP contribution in [0.2, 0.25) is 0 Å². The summed E-state index contributed by atoms with van der Waals surface area (Å²) in [5.41, 5.74) is 3.88. The zero-order valence-corrected chi connectivity index (χ0v) is 15.6. The van der Waals surface area contributed by atoms with Crippen molar-refractivity contribution in [3.63, 3.8) is 0 Å². The van der Waals surface area contributed by atoms with Crippen molar-refractivity contribution in [2.24, 2.45) is 0 Å². The molecule has 3 heterocycles. The number of aromatic nitrogens is 3. The fraction of sp³-hybridized carbons (Fsp3) is 0. The van der Waals surface area contributed by atoms with E-state index in [1.54, 1.807) is 10.8 Å². The Kier molecular flexibility index (Phi) is 4.07. The fourth-order valence-corrected chi connectivity index (χ4v) is 4.15. The van der Waals surface area contributed by atoms with Gasteiger partial charge in [-0.05, 0) is 42.5 Å². The highest BCUT2D eigenvalue weighted by molar-refractivity contribution is 7.21. The first-order chi connectivity index (χ1) is 13.8. The number of nitrogens with zero attached hydrogens (tertiary/aromatic N) is 3. The summed E-state index contributed by atoms with van der Waals surface area (Å²) < 4.78 is 2.73. The monoisotopic (exact) mass is 381 g/mol. The van der Waals surface area contributed by atoms with Gasteiger partial charge in [-0.3, -0.25) is 14.3 Å². The van der Waals surface area contributed by atoms with Crippen LogP contribution < -0.4 is 5.56 Å². The molecule has 5 heteroatoms. The fourth-order valence-electron chi connectivity index (χ4n) is 3.18. The van der Waals surface area contributed by atoms with E-state index in [1.807, 2.05) is 85.1 Å². The highest BCUT2D eigenvalue weighted by Gasteiger charge is 2.15. The summed E-state index contributed by atoms with van der Waals surface area (Å²) in [6, 6.07) is 25.2. The van der Waals surface area contributed by atoms with Gasteiger partial charge in [0.1, 0.15) is 5.01 Å². The molecule has 5 aromatic rings. The van der Waals surface area contributed by atoms with Gasteiger partial charge in [0.2, 0.25) is 0 Å². The van der Waals surface area contributed by atoms with E-state index in [9.17, 15) is 4.79 Å². The molecule has 28 heavy (non-hydrogen) atoms. The van der Waals surface area contributed by atoms with E-state index in [-0.39, 0.29) is 5.56 Å². The first-order valence-electron chi connectivity index (χ1n) is 8.89. The van der Waals surface area contributed by atoms with Crippen molar-refractivity contribution < 1.29 is 0 Å². The van der Waals surface area contributed by atoms with Crippen molar-refractivity contribution in [3.05, 3.63) is 102 Å². The van der Waals surface area contributed by atoms with Crippen LogP contribution in [0.1, 0.15) is 0 Å². The molecule has 0 amide bonds. The number of hydrogen-bond donors (Lipinski definition) is 0. The molecule has 0 N–H and O–H groups in total. The van der Waals surface area contributed by atoms with Gasteiger partial charge in [0, 0.05) is 23.6 Å². The Morgan fingerprint density at radius 2 is 1.64 bits per heavy atom. The van der Waals surface area contributed by atoms with Gasteiger partial charge in [0.05, 0.1) is 21.5 Å². The lowest BCUT2D eigenvalue weighted by Gasteiger charge is -2.11. The van der Waals surface area contributed by atoms with Crippen LogP contribution in [0.15, 0.2) is 96.1 Å². The molecule has 3 aromatic heterocycles. The molecular weight excluding hydrogens is 366 g/mol. The molecule has 134 valence electrons. The van der Waals surface area contributed by atoms with Crippen LogP contribution in [0.4, 0.5) is 0 Å². The number of pyridine rings is 2. The zero-order chi connectivity index (χ0) is 18.9. The van der Waals surface area contributed by atoms with E-state index in [0.717, 1.165) is 27.2 Å². The molecule has 0 bridgehead atoms. The smallest absolute Gasteiger partial charge is 0.265 e. The van der Waals surface area contributed by atoms with E-state index < -0.39 is 0 Å². The normalized spacial score (nSPS) is 11.0. The van der Waals surface area contributed by atoms with Crippen molar-refractivity contribution in [2.75, 3.05) is 0 Å². The second-order valence-electron chi connectivity index (χ2n) is 6.35. The maximum atomic E-state index is 13.3. The van der Waals surface area contributed by atoms with Crippen molar-refractivity contribution in [1.82, 2.24) is 14.5 Å². The van der Waals surface area contributed by atoms with Crippen LogP contribution in [-0.4, -0.2) is 14.5 Å². The molecule has 0 atom stereocenters. The van der Waals surface area contributed by atoms with Crippen LogP contribution in [0.25, 0.3) is 37.7 Å². The van der Waals surface area contributed by atoms with Crippen molar-refractivity contribution in [1.29, 1.82) is 0 Å².